The Labute approximate surface area is 84.1 Å². The van der Waals surface area contributed by atoms with E-state index in [1.807, 2.05) is 6.07 Å². The van der Waals surface area contributed by atoms with Crippen LogP contribution in [0.5, 0.6) is 0 Å². The normalized spacial score (nSPS) is 9.93. The summed E-state index contributed by atoms with van der Waals surface area (Å²) in [7, 11) is 0. The summed E-state index contributed by atoms with van der Waals surface area (Å²) in [5, 5.41) is 8.86. The molecule has 0 aliphatic heterocycles. The number of aromatic nitrogens is 2. The molecule has 5 heteroatoms. The first-order chi connectivity index (χ1) is 6.74. The van der Waals surface area contributed by atoms with Crippen molar-refractivity contribution in [1.29, 1.82) is 5.26 Å². The Balaban J connectivity index is 3.16. The van der Waals surface area contributed by atoms with Crippen LogP contribution in [0.4, 0.5) is 0 Å². The lowest BCUT2D eigenvalue weighted by atomic mass is 10.2. The number of rotatable bonds is 0. The van der Waals surface area contributed by atoms with Crippen molar-refractivity contribution in [2.75, 3.05) is 0 Å². The van der Waals surface area contributed by atoms with E-state index in [0.717, 1.165) is 0 Å². The van der Waals surface area contributed by atoms with Gasteiger partial charge in [0, 0.05) is 6.20 Å². The van der Waals surface area contributed by atoms with Crippen molar-refractivity contribution in [3.8, 4) is 6.07 Å². The van der Waals surface area contributed by atoms with Gasteiger partial charge >= 0.3 is 5.69 Å². The molecule has 0 atom stereocenters. The molecule has 0 aromatic carbocycles. The SMILES string of the molecule is N#Cc1c(=S)[nH]c(=O)n2ccccc12. The maximum Gasteiger partial charge on any atom is 0.331 e. The molecule has 2 aromatic rings. The van der Waals surface area contributed by atoms with Gasteiger partial charge in [-0.3, -0.25) is 9.38 Å². The number of fused-ring (bicyclic) bond motifs is 1. The van der Waals surface area contributed by atoms with Crippen molar-refractivity contribution in [3.63, 3.8) is 0 Å². The predicted octanol–water partition coefficient (Wildman–Crippen LogP) is 1.23. The number of hydrogen-bond acceptors (Lipinski definition) is 3. The van der Waals surface area contributed by atoms with Crippen LogP contribution >= 0.6 is 12.2 Å². The second-order valence-electron chi connectivity index (χ2n) is 2.70. The average molecular weight is 203 g/mol. The summed E-state index contributed by atoms with van der Waals surface area (Å²) >= 11 is 4.87. The summed E-state index contributed by atoms with van der Waals surface area (Å²) in [6.45, 7) is 0. The number of aromatic amines is 1. The zero-order valence-electron chi connectivity index (χ0n) is 7.02. The molecule has 14 heavy (non-hydrogen) atoms. The van der Waals surface area contributed by atoms with Crippen LogP contribution in [0.1, 0.15) is 5.56 Å². The van der Waals surface area contributed by atoms with E-state index in [1.54, 1.807) is 24.4 Å². The minimum atomic E-state index is -0.329. The highest BCUT2D eigenvalue weighted by Crippen LogP contribution is 2.06. The Morgan fingerprint density at radius 1 is 1.50 bits per heavy atom. The first kappa shape index (κ1) is 8.66. The number of hydrogen-bond donors (Lipinski definition) is 1. The first-order valence-corrected chi connectivity index (χ1v) is 4.28. The Kier molecular flexibility index (Phi) is 1.91. The third kappa shape index (κ3) is 1.13. The molecule has 0 aliphatic carbocycles. The van der Waals surface area contributed by atoms with Crippen LogP contribution in [-0.4, -0.2) is 9.38 Å². The minimum absolute atomic E-state index is 0.184. The van der Waals surface area contributed by atoms with E-state index in [2.05, 4.69) is 4.98 Å². The Bertz CT molecular complexity index is 647. The summed E-state index contributed by atoms with van der Waals surface area (Å²) in [6, 6.07) is 7.12. The molecule has 1 N–H and O–H groups in total. The van der Waals surface area contributed by atoms with Gasteiger partial charge in [0.05, 0.1) is 5.52 Å². The molecular weight excluding hydrogens is 198 g/mol. The van der Waals surface area contributed by atoms with Crippen LogP contribution in [0.2, 0.25) is 0 Å². The highest BCUT2D eigenvalue weighted by molar-refractivity contribution is 7.71. The molecular formula is C9H5N3OS. The Morgan fingerprint density at radius 2 is 2.29 bits per heavy atom. The number of nitriles is 1. The first-order valence-electron chi connectivity index (χ1n) is 3.88. The lowest BCUT2D eigenvalue weighted by molar-refractivity contribution is 0.979. The predicted molar refractivity (Wildman–Crippen MR) is 53.6 cm³/mol. The average Bonchev–Trinajstić information content (AvgIpc) is 2.18. The van der Waals surface area contributed by atoms with Crippen molar-refractivity contribution in [3.05, 3.63) is 45.1 Å². The van der Waals surface area contributed by atoms with Crippen molar-refractivity contribution < 1.29 is 0 Å². The van der Waals surface area contributed by atoms with Gasteiger partial charge in [0.25, 0.3) is 0 Å². The van der Waals surface area contributed by atoms with Gasteiger partial charge in [-0.05, 0) is 12.1 Å². The van der Waals surface area contributed by atoms with Crippen LogP contribution in [0.3, 0.4) is 0 Å². The van der Waals surface area contributed by atoms with Gasteiger partial charge in [-0.25, -0.2) is 4.79 Å². The van der Waals surface area contributed by atoms with E-state index in [1.165, 1.54) is 4.40 Å². The molecule has 0 fully saturated rings. The lowest BCUT2D eigenvalue weighted by Crippen LogP contribution is -2.17. The zero-order valence-corrected chi connectivity index (χ0v) is 7.84. The van der Waals surface area contributed by atoms with Crippen molar-refractivity contribution in [2.24, 2.45) is 0 Å². The maximum absolute atomic E-state index is 11.4. The summed E-state index contributed by atoms with van der Waals surface area (Å²) < 4.78 is 1.54. The maximum atomic E-state index is 11.4. The third-order valence-corrected chi connectivity index (χ3v) is 2.20. The summed E-state index contributed by atoms with van der Waals surface area (Å²) in [6.07, 6.45) is 1.59. The molecule has 2 heterocycles. The number of pyridine rings is 1. The van der Waals surface area contributed by atoms with E-state index < -0.39 is 0 Å². The van der Waals surface area contributed by atoms with Gasteiger partial charge in [-0.2, -0.15) is 5.26 Å². The van der Waals surface area contributed by atoms with E-state index >= 15 is 0 Å². The van der Waals surface area contributed by atoms with E-state index in [9.17, 15) is 4.79 Å². The van der Waals surface area contributed by atoms with Crippen LogP contribution in [0.15, 0.2) is 29.2 Å². The molecule has 2 aromatic heterocycles. The smallest absolute Gasteiger partial charge is 0.297 e. The topological polar surface area (TPSA) is 61.1 Å². The van der Waals surface area contributed by atoms with Gasteiger partial charge in [0.2, 0.25) is 0 Å². The zero-order chi connectivity index (χ0) is 10.1. The van der Waals surface area contributed by atoms with Crippen molar-refractivity contribution in [2.45, 2.75) is 0 Å². The highest BCUT2D eigenvalue weighted by atomic mass is 32.1. The summed E-state index contributed by atoms with van der Waals surface area (Å²) in [4.78, 5) is 13.8. The monoisotopic (exact) mass is 203 g/mol. The molecule has 4 nitrogen and oxygen atoms in total. The van der Waals surface area contributed by atoms with Gasteiger partial charge < -0.3 is 0 Å². The third-order valence-electron chi connectivity index (χ3n) is 1.89. The molecule has 0 radical (unpaired) electrons. The number of nitrogens with one attached hydrogen (secondary N) is 1. The number of nitrogens with zero attached hydrogens (tertiary/aromatic N) is 2. The van der Waals surface area contributed by atoms with Crippen LogP contribution in [0, 0.1) is 16.0 Å². The quantitative estimate of drug-likeness (QED) is 0.655. The fraction of sp³-hybridized carbons (Fsp3) is 0. The minimum Gasteiger partial charge on any atom is -0.297 e. The molecule has 0 bridgehead atoms. The molecule has 0 unspecified atom stereocenters. The second-order valence-corrected chi connectivity index (χ2v) is 3.11. The van der Waals surface area contributed by atoms with Crippen molar-refractivity contribution >= 4 is 17.7 Å². The largest absolute Gasteiger partial charge is 0.331 e. The van der Waals surface area contributed by atoms with Crippen LogP contribution in [-0.2, 0) is 0 Å². The molecule has 0 saturated heterocycles. The number of H-pyrrole nitrogens is 1. The van der Waals surface area contributed by atoms with Gasteiger partial charge in [0.15, 0.2) is 0 Å². The molecule has 2 rings (SSSR count). The van der Waals surface area contributed by atoms with E-state index in [4.69, 9.17) is 17.5 Å². The molecule has 0 aliphatic rings. The van der Waals surface area contributed by atoms with Gasteiger partial charge in [-0.1, -0.05) is 18.3 Å². The Hall–Kier alpha value is -1.93. The van der Waals surface area contributed by atoms with Crippen molar-refractivity contribution in [1.82, 2.24) is 9.38 Å². The van der Waals surface area contributed by atoms with Crippen LogP contribution in [0.25, 0.3) is 5.52 Å². The second kappa shape index (κ2) is 3.09. The lowest BCUT2D eigenvalue weighted by Gasteiger charge is -2.00. The highest BCUT2D eigenvalue weighted by Gasteiger charge is 2.03. The van der Waals surface area contributed by atoms with E-state index in [0.29, 0.717) is 11.1 Å². The Morgan fingerprint density at radius 3 is 3.00 bits per heavy atom. The molecule has 0 spiro atoms. The summed E-state index contributed by atoms with van der Waals surface area (Å²) in [5.74, 6) is 0. The van der Waals surface area contributed by atoms with Crippen LogP contribution < -0.4 is 5.69 Å². The molecule has 0 amide bonds. The van der Waals surface area contributed by atoms with Gasteiger partial charge in [0.1, 0.15) is 16.3 Å². The standard InChI is InChI=1S/C9H5N3OS/c10-5-6-7-3-1-2-4-12(7)9(13)11-8(6)14/h1-4H,(H,11,13,14). The van der Waals surface area contributed by atoms with E-state index in [-0.39, 0.29) is 10.3 Å². The molecule has 0 saturated carbocycles. The summed E-state index contributed by atoms with van der Waals surface area (Å²) in [5.41, 5.74) is 0.522. The fourth-order valence-corrected chi connectivity index (χ4v) is 1.51. The fourth-order valence-electron chi connectivity index (χ4n) is 1.27. The van der Waals surface area contributed by atoms with Gasteiger partial charge in [-0.15, -0.1) is 0 Å². The molecule has 68 valence electrons.